The summed E-state index contributed by atoms with van der Waals surface area (Å²) in [4.78, 5) is 17.2. The van der Waals surface area contributed by atoms with Gasteiger partial charge >= 0.3 is 0 Å². The zero-order valence-corrected chi connectivity index (χ0v) is 15.0. The van der Waals surface area contributed by atoms with E-state index in [1.165, 1.54) is 24.3 Å². The molecule has 1 saturated heterocycles. The Labute approximate surface area is 153 Å². The summed E-state index contributed by atoms with van der Waals surface area (Å²) in [6.07, 6.45) is 2.22. The van der Waals surface area contributed by atoms with Crippen LogP contribution in [-0.2, 0) is 12.8 Å². The number of aromatic hydroxyl groups is 1. The smallest absolute Gasteiger partial charge is 0.254 e. The predicted octanol–water partition coefficient (Wildman–Crippen LogP) is 2.33. The fraction of sp³-hybridized carbons (Fsp3) is 0.381. The second-order valence-electron chi connectivity index (χ2n) is 7.05. The number of hydrogen-bond donors (Lipinski definition) is 1. The summed E-state index contributed by atoms with van der Waals surface area (Å²) >= 11 is 0. The number of hydrogen-bond acceptors (Lipinski definition) is 4. The number of methoxy groups -OCH3 is 1. The SMILES string of the molecule is COc1cc(C(=O)N2CCN(C3Cc4ccccc4C3)CC2)ccc1O. The second kappa shape index (κ2) is 7.00. The highest BCUT2D eigenvalue weighted by Crippen LogP contribution is 2.28. The highest BCUT2D eigenvalue weighted by Gasteiger charge is 2.30. The average Bonchev–Trinajstić information content (AvgIpc) is 3.12. The van der Waals surface area contributed by atoms with Crippen LogP contribution < -0.4 is 4.74 Å². The van der Waals surface area contributed by atoms with Crippen molar-refractivity contribution in [3.8, 4) is 11.5 Å². The number of carbonyl (C=O) groups excluding carboxylic acids is 1. The van der Waals surface area contributed by atoms with Crippen molar-refractivity contribution >= 4 is 5.91 Å². The molecule has 2 aromatic carbocycles. The third kappa shape index (κ3) is 3.15. The summed E-state index contributed by atoms with van der Waals surface area (Å²) in [5, 5.41) is 9.70. The van der Waals surface area contributed by atoms with E-state index in [0.717, 1.165) is 39.0 Å². The Morgan fingerprint density at radius 3 is 2.31 bits per heavy atom. The molecule has 1 heterocycles. The number of ether oxygens (including phenoxy) is 1. The lowest BCUT2D eigenvalue weighted by molar-refractivity contribution is 0.0575. The number of piperazine rings is 1. The van der Waals surface area contributed by atoms with Gasteiger partial charge in [0.15, 0.2) is 11.5 Å². The quantitative estimate of drug-likeness (QED) is 0.921. The fourth-order valence-corrected chi connectivity index (χ4v) is 4.08. The molecule has 26 heavy (non-hydrogen) atoms. The van der Waals surface area contributed by atoms with Gasteiger partial charge in [-0.3, -0.25) is 9.69 Å². The third-order valence-corrected chi connectivity index (χ3v) is 5.57. The summed E-state index contributed by atoms with van der Waals surface area (Å²) in [6.45, 7) is 3.27. The van der Waals surface area contributed by atoms with Crippen LogP contribution in [0.2, 0.25) is 0 Å². The monoisotopic (exact) mass is 352 g/mol. The van der Waals surface area contributed by atoms with Gasteiger partial charge in [0.1, 0.15) is 0 Å². The molecule has 4 rings (SSSR count). The van der Waals surface area contributed by atoms with Gasteiger partial charge in [-0.05, 0) is 42.2 Å². The van der Waals surface area contributed by atoms with Crippen molar-refractivity contribution in [2.24, 2.45) is 0 Å². The zero-order chi connectivity index (χ0) is 18.1. The molecule has 0 aromatic heterocycles. The molecule has 1 fully saturated rings. The molecule has 1 amide bonds. The molecule has 5 heteroatoms. The normalized spacial score (nSPS) is 18.0. The lowest BCUT2D eigenvalue weighted by atomic mass is 10.1. The first-order valence-electron chi connectivity index (χ1n) is 9.13. The van der Waals surface area contributed by atoms with E-state index in [4.69, 9.17) is 4.74 Å². The van der Waals surface area contributed by atoms with Gasteiger partial charge in [-0.15, -0.1) is 0 Å². The van der Waals surface area contributed by atoms with E-state index in [2.05, 4.69) is 29.2 Å². The number of phenolic OH excluding ortho intramolecular Hbond substituents is 1. The Balaban J connectivity index is 1.37. The van der Waals surface area contributed by atoms with Crippen molar-refractivity contribution in [3.05, 3.63) is 59.2 Å². The molecule has 0 bridgehead atoms. The van der Waals surface area contributed by atoms with Gasteiger partial charge in [-0.1, -0.05) is 24.3 Å². The molecule has 0 radical (unpaired) electrons. The first kappa shape index (κ1) is 16.9. The van der Waals surface area contributed by atoms with Crippen LogP contribution in [0.4, 0.5) is 0 Å². The molecular weight excluding hydrogens is 328 g/mol. The van der Waals surface area contributed by atoms with Crippen molar-refractivity contribution in [1.82, 2.24) is 9.80 Å². The molecule has 136 valence electrons. The summed E-state index contributed by atoms with van der Waals surface area (Å²) < 4.78 is 5.11. The van der Waals surface area contributed by atoms with Gasteiger partial charge in [0.25, 0.3) is 5.91 Å². The first-order chi connectivity index (χ1) is 12.7. The van der Waals surface area contributed by atoms with Crippen LogP contribution in [0.5, 0.6) is 11.5 Å². The maximum Gasteiger partial charge on any atom is 0.254 e. The Hall–Kier alpha value is -2.53. The molecule has 1 aliphatic carbocycles. The molecule has 0 unspecified atom stereocenters. The second-order valence-corrected chi connectivity index (χ2v) is 7.05. The van der Waals surface area contributed by atoms with Gasteiger partial charge in [-0.2, -0.15) is 0 Å². The van der Waals surface area contributed by atoms with Crippen molar-refractivity contribution < 1.29 is 14.6 Å². The number of fused-ring (bicyclic) bond motifs is 1. The molecule has 0 saturated carbocycles. The topological polar surface area (TPSA) is 53.0 Å². The predicted molar refractivity (Wildman–Crippen MR) is 99.8 cm³/mol. The minimum Gasteiger partial charge on any atom is -0.504 e. The highest BCUT2D eigenvalue weighted by molar-refractivity contribution is 5.95. The molecule has 0 atom stereocenters. The van der Waals surface area contributed by atoms with E-state index >= 15 is 0 Å². The van der Waals surface area contributed by atoms with E-state index in [1.54, 1.807) is 12.1 Å². The number of amides is 1. The van der Waals surface area contributed by atoms with Crippen molar-refractivity contribution in [1.29, 1.82) is 0 Å². The maximum atomic E-state index is 12.8. The molecule has 1 aliphatic heterocycles. The van der Waals surface area contributed by atoms with Crippen molar-refractivity contribution in [2.45, 2.75) is 18.9 Å². The zero-order valence-electron chi connectivity index (χ0n) is 15.0. The lowest BCUT2D eigenvalue weighted by Crippen LogP contribution is -2.52. The van der Waals surface area contributed by atoms with E-state index in [0.29, 0.717) is 17.4 Å². The van der Waals surface area contributed by atoms with Crippen LogP contribution in [0.15, 0.2) is 42.5 Å². The summed E-state index contributed by atoms with van der Waals surface area (Å²) in [7, 11) is 1.49. The Bertz CT molecular complexity index is 788. The van der Waals surface area contributed by atoms with Gasteiger partial charge in [0.05, 0.1) is 7.11 Å². The third-order valence-electron chi connectivity index (χ3n) is 5.57. The van der Waals surface area contributed by atoms with Crippen LogP contribution >= 0.6 is 0 Å². The number of benzene rings is 2. The summed E-state index contributed by atoms with van der Waals surface area (Å²) in [5.41, 5.74) is 3.49. The molecule has 2 aromatic rings. The van der Waals surface area contributed by atoms with Crippen LogP contribution in [0.1, 0.15) is 21.5 Å². The van der Waals surface area contributed by atoms with Crippen molar-refractivity contribution in [2.75, 3.05) is 33.3 Å². The largest absolute Gasteiger partial charge is 0.504 e. The Kier molecular flexibility index (Phi) is 4.55. The average molecular weight is 352 g/mol. The van der Waals surface area contributed by atoms with E-state index in [-0.39, 0.29) is 11.7 Å². The Morgan fingerprint density at radius 2 is 1.69 bits per heavy atom. The molecule has 2 aliphatic rings. The standard InChI is InChI=1S/C21H24N2O3/c1-26-20-14-17(6-7-19(20)24)21(25)23-10-8-22(9-11-23)18-12-15-4-2-3-5-16(15)13-18/h2-7,14,18,24H,8-13H2,1H3. The summed E-state index contributed by atoms with van der Waals surface area (Å²) in [6, 6.07) is 14.0. The van der Waals surface area contributed by atoms with Crippen LogP contribution in [-0.4, -0.2) is 60.1 Å². The lowest BCUT2D eigenvalue weighted by Gasteiger charge is -2.38. The van der Waals surface area contributed by atoms with Crippen LogP contribution in [0.25, 0.3) is 0 Å². The van der Waals surface area contributed by atoms with Gasteiger partial charge < -0.3 is 14.7 Å². The molecule has 5 nitrogen and oxygen atoms in total. The van der Waals surface area contributed by atoms with Gasteiger partial charge in [0, 0.05) is 37.8 Å². The van der Waals surface area contributed by atoms with Crippen LogP contribution in [0.3, 0.4) is 0 Å². The number of rotatable bonds is 3. The van der Waals surface area contributed by atoms with E-state index in [9.17, 15) is 9.90 Å². The molecular formula is C21H24N2O3. The molecule has 0 spiro atoms. The fourth-order valence-electron chi connectivity index (χ4n) is 4.08. The molecule has 1 N–H and O–H groups in total. The number of carbonyl (C=O) groups is 1. The Morgan fingerprint density at radius 1 is 1.04 bits per heavy atom. The van der Waals surface area contributed by atoms with Crippen LogP contribution in [0, 0.1) is 0 Å². The number of phenols is 1. The van der Waals surface area contributed by atoms with E-state index in [1.807, 2.05) is 4.90 Å². The first-order valence-corrected chi connectivity index (χ1v) is 9.13. The van der Waals surface area contributed by atoms with Crippen molar-refractivity contribution in [3.63, 3.8) is 0 Å². The highest BCUT2D eigenvalue weighted by atomic mass is 16.5. The van der Waals surface area contributed by atoms with Gasteiger partial charge in [-0.25, -0.2) is 0 Å². The minimum atomic E-state index is -0.00217. The maximum absolute atomic E-state index is 12.8. The minimum absolute atomic E-state index is 0.00217. The summed E-state index contributed by atoms with van der Waals surface area (Å²) in [5.74, 6) is 0.380. The number of nitrogens with zero attached hydrogens (tertiary/aromatic N) is 2. The van der Waals surface area contributed by atoms with Gasteiger partial charge in [0.2, 0.25) is 0 Å². The van der Waals surface area contributed by atoms with E-state index < -0.39 is 0 Å².